The van der Waals surface area contributed by atoms with Crippen LogP contribution in [0.4, 0.5) is 4.39 Å². The summed E-state index contributed by atoms with van der Waals surface area (Å²) in [4.78, 5) is 54.3. The molecule has 2 amide bonds. The van der Waals surface area contributed by atoms with Gasteiger partial charge in [0.05, 0.1) is 16.3 Å². The van der Waals surface area contributed by atoms with E-state index in [1.165, 1.54) is 23.1 Å². The minimum atomic E-state index is -0.884. The summed E-state index contributed by atoms with van der Waals surface area (Å²) in [5.41, 5.74) is 0.571. The number of nitrogens with zero attached hydrogens (tertiary/aromatic N) is 1. The van der Waals surface area contributed by atoms with Gasteiger partial charge < -0.3 is 5.11 Å². The van der Waals surface area contributed by atoms with Crippen LogP contribution in [-0.4, -0.2) is 38.9 Å². The van der Waals surface area contributed by atoms with Crippen LogP contribution in [0, 0.1) is 23.6 Å². The molecule has 5 rings (SSSR count). The van der Waals surface area contributed by atoms with Gasteiger partial charge in [0.1, 0.15) is 0 Å². The molecule has 4 unspecified atom stereocenters. The SMILES string of the molecule is CC(C)(C)N1C(=O)C2CC=C3C(c4cccc(F)c4O)C4=C(CC3C2C1=O)C(=O)C(Br)=CC4=O. The molecule has 1 heterocycles. The Morgan fingerprint density at radius 3 is 2.47 bits per heavy atom. The molecule has 34 heavy (non-hydrogen) atoms. The number of para-hydroxylation sites is 1. The van der Waals surface area contributed by atoms with Crippen molar-refractivity contribution in [1.29, 1.82) is 0 Å². The van der Waals surface area contributed by atoms with Crippen LogP contribution in [0.5, 0.6) is 5.75 Å². The Kier molecular flexibility index (Phi) is 5.10. The Morgan fingerprint density at radius 1 is 1.09 bits per heavy atom. The van der Waals surface area contributed by atoms with Gasteiger partial charge in [0, 0.05) is 34.2 Å². The molecule has 1 aliphatic heterocycles. The number of hydrogen-bond acceptors (Lipinski definition) is 5. The normalized spacial score (nSPS) is 29.0. The van der Waals surface area contributed by atoms with Crippen molar-refractivity contribution in [3.8, 4) is 5.75 Å². The lowest BCUT2D eigenvalue weighted by molar-refractivity contribution is -0.145. The molecule has 4 aliphatic rings. The summed E-state index contributed by atoms with van der Waals surface area (Å²) in [5, 5.41) is 10.6. The fourth-order valence-electron chi connectivity index (χ4n) is 5.99. The first-order valence-corrected chi connectivity index (χ1v) is 12.0. The topological polar surface area (TPSA) is 91.8 Å². The number of rotatable bonds is 1. The first kappa shape index (κ1) is 22.9. The lowest BCUT2D eigenvalue weighted by Crippen LogP contribution is -2.46. The molecule has 0 saturated carbocycles. The third-order valence-electron chi connectivity index (χ3n) is 7.33. The zero-order chi connectivity index (χ0) is 24.7. The zero-order valence-electron chi connectivity index (χ0n) is 18.9. The molecule has 0 bridgehead atoms. The number of halogens is 2. The lowest BCUT2D eigenvalue weighted by Gasteiger charge is -2.42. The molecule has 1 aromatic carbocycles. The average molecular weight is 528 g/mol. The number of aromatic hydroxyl groups is 1. The van der Waals surface area contributed by atoms with Gasteiger partial charge in [-0.1, -0.05) is 23.8 Å². The van der Waals surface area contributed by atoms with E-state index >= 15 is 0 Å². The molecule has 0 spiro atoms. The second-order valence-corrected chi connectivity index (χ2v) is 11.1. The maximum atomic E-state index is 14.4. The highest BCUT2D eigenvalue weighted by Crippen LogP contribution is 2.56. The molecule has 1 aromatic rings. The standard InChI is InChI=1S/C26H23BrFNO5/c1-26(2,3)29-24(33)13-8-7-11-14(20(13)25(29)34)9-15-21(18(30)10-16(27)22(15)31)19(11)12-5-4-6-17(28)23(12)32/h4-7,10,13-14,19-20,32H,8-9H2,1-3H3. The number of allylic oxidation sites excluding steroid dienone is 6. The van der Waals surface area contributed by atoms with E-state index in [1.807, 2.05) is 6.08 Å². The van der Waals surface area contributed by atoms with Crippen molar-refractivity contribution < 1.29 is 28.7 Å². The fourth-order valence-corrected chi connectivity index (χ4v) is 6.44. The Balaban J connectivity index is 1.71. The Labute approximate surface area is 204 Å². The monoisotopic (exact) mass is 527 g/mol. The van der Waals surface area contributed by atoms with E-state index in [4.69, 9.17) is 0 Å². The highest BCUT2D eigenvalue weighted by atomic mass is 79.9. The quantitative estimate of drug-likeness (QED) is 0.337. The molecular formula is C26H23BrFNO5. The smallest absolute Gasteiger partial charge is 0.234 e. The van der Waals surface area contributed by atoms with Crippen molar-refractivity contribution in [3.05, 3.63) is 62.9 Å². The molecule has 6 nitrogen and oxygen atoms in total. The number of fused-ring (bicyclic) bond motifs is 3. The summed E-state index contributed by atoms with van der Waals surface area (Å²) in [6.07, 6.45) is 3.46. The minimum absolute atomic E-state index is 0.114. The highest BCUT2D eigenvalue weighted by molar-refractivity contribution is 9.12. The number of Topliss-reactive ketones (excluding diaryl/α,β-unsaturated/α-hetero) is 1. The van der Waals surface area contributed by atoms with Gasteiger partial charge in [-0.2, -0.15) is 0 Å². The molecule has 8 heteroatoms. The number of carbonyl (C=O) groups excluding carboxylic acids is 4. The first-order chi connectivity index (χ1) is 15.9. The van der Waals surface area contributed by atoms with Crippen molar-refractivity contribution >= 4 is 39.3 Å². The van der Waals surface area contributed by atoms with Crippen molar-refractivity contribution in [2.75, 3.05) is 0 Å². The summed E-state index contributed by atoms with van der Waals surface area (Å²) in [5.74, 6) is -5.40. The molecule has 3 aliphatic carbocycles. The van der Waals surface area contributed by atoms with Crippen LogP contribution in [0.3, 0.4) is 0 Å². The van der Waals surface area contributed by atoms with Gasteiger partial charge in [0.15, 0.2) is 23.1 Å². The van der Waals surface area contributed by atoms with Gasteiger partial charge in [-0.3, -0.25) is 24.1 Å². The largest absolute Gasteiger partial charge is 0.505 e. The average Bonchev–Trinajstić information content (AvgIpc) is 3.03. The number of hydrogen-bond donors (Lipinski definition) is 1. The van der Waals surface area contributed by atoms with E-state index < -0.39 is 46.6 Å². The summed E-state index contributed by atoms with van der Waals surface area (Å²) >= 11 is 3.16. The molecule has 4 atom stereocenters. The van der Waals surface area contributed by atoms with Gasteiger partial charge in [-0.15, -0.1) is 0 Å². The highest BCUT2D eigenvalue weighted by Gasteiger charge is 2.58. The predicted molar refractivity (Wildman–Crippen MR) is 124 cm³/mol. The molecule has 1 fully saturated rings. The Morgan fingerprint density at radius 2 is 1.79 bits per heavy atom. The van der Waals surface area contributed by atoms with Crippen LogP contribution in [-0.2, 0) is 19.2 Å². The summed E-state index contributed by atoms with van der Waals surface area (Å²) in [6, 6.07) is 4.08. The maximum Gasteiger partial charge on any atom is 0.234 e. The van der Waals surface area contributed by atoms with Crippen LogP contribution in [0.1, 0.15) is 45.1 Å². The lowest BCUT2D eigenvalue weighted by atomic mass is 9.59. The van der Waals surface area contributed by atoms with Crippen molar-refractivity contribution in [3.63, 3.8) is 0 Å². The molecule has 1 N–H and O–H groups in total. The van der Waals surface area contributed by atoms with Crippen LogP contribution in [0.2, 0.25) is 0 Å². The van der Waals surface area contributed by atoms with E-state index in [9.17, 15) is 28.7 Å². The molecular weight excluding hydrogens is 505 g/mol. The van der Waals surface area contributed by atoms with Gasteiger partial charge in [-0.05, 0) is 61.5 Å². The van der Waals surface area contributed by atoms with Crippen LogP contribution in [0.25, 0.3) is 0 Å². The molecule has 1 saturated heterocycles. The van der Waals surface area contributed by atoms with Crippen LogP contribution >= 0.6 is 15.9 Å². The van der Waals surface area contributed by atoms with E-state index in [2.05, 4.69) is 15.9 Å². The number of phenolic OH excluding ortho intramolecular Hbond substituents is 1. The van der Waals surface area contributed by atoms with E-state index in [1.54, 1.807) is 20.8 Å². The number of imide groups is 1. The third kappa shape index (κ3) is 3.11. The summed E-state index contributed by atoms with van der Waals surface area (Å²) < 4.78 is 14.5. The van der Waals surface area contributed by atoms with E-state index in [0.717, 1.165) is 6.07 Å². The van der Waals surface area contributed by atoms with Gasteiger partial charge in [0.2, 0.25) is 11.8 Å². The van der Waals surface area contributed by atoms with Crippen molar-refractivity contribution in [2.24, 2.45) is 17.8 Å². The second kappa shape index (κ2) is 7.57. The van der Waals surface area contributed by atoms with Gasteiger partial charge >= 0.3 is 0 Å². The maximum absolute atomic E-state index is 14.4. The minimum Gasteiger partial charge on any atom is -0.505 e. The number of carbonyl (C=O) groups is 4. The van der Waals surface area contributed by atoms with Crippen LogP contribution < -0.4 is 0 Å². The number of likely N-dealkylation sites (tertiary alicyclic amines) is 1. The number of benzene rings is 1. The Hall–Kier alpha value is -2.87. The van der Waals surface area contributed by atoms with Crippen molar-refractivity contribution in [2.45, 2.75) is 45.1 Å². The van der Waals surface area contributed by atoms with E-state index in [0.29, 0.717) is 12.0 Å². The summed E-state index contributed by atoms with van der Waals surface area (Å²) in [7, 11) is 0. The van der Waals surface area contributed by atoms with E-state index in [-0.39, 0.29) is 45.2 Å². The van der Waals surface area contributed by atoms with Gasteiger partial charge in [0.25, 0.3) is 0 Å². The molecule has 176 valence electrons. The number of phenols is 1. The number of ketones is 2. The first-order valence-electron chi connectivity index (χ1n) is 11.2. The predicted octanol–water partition coefficient (Wildman–Crippen LogP) is 4.09. The number of amides is 2. The third-order valence-corrected chi connectivity index (χ3v) is 7.92. The molecule has 0 aromatic heterocycles. The fraction of sp³-hybridized carbons (Fsp3) is 0.385. The molecule has 0 radical (unpaired) electrons. The van der Waals surface area contributed by atoms with Crippen molar-refractivity contribution in [1.82, 2.24) is 4.90 Å². The summed E-state index contributed by atoms with van der Waals surface area (Å²) in [6.45, 7) is 5.40. The Bertz CT molecular complexity index is 1280. The van der Waals surface area contributed by atoms with Crippen LogP contribution in [0.15, 0.2) is 51.6 Å². The van der Waals surface area contributed by atoms with Gasteiger partial charge in [-0.25, -0.2) is 4.39 Å². The second-order valence-electron chi connectivity index (χ2n) is 10.3. The zero-order valence-corrected chi connectivity index (χ0v) is 20.5.